The van der Waals surface area contributed by atoms with Crippen LogP contribution in [0.2, 0.25) is 0 Å². The maximum atomic E-state index is 11.8. The molecule has 1 saturated heterocycles. The predicted octanol–water partition coefficient (Wildman–Crippen LogP) is 3.91. The molecule has 3 rings (SSSR count). The SMILES string of the molecule is CN=C(NCCc1cccc(C(=O)NC)c1)NCC(c1cccs1)N1CCC(C)CC1.I. The molecule has 1 unspecified atom stereocenters. The molecule has 2 heterocycles. The fraction of sp³-hybridized carbons (Fsp3) is 0.500. The Morgan fingerprint density at radius 3 is 2.66 bits per heavy atom. The van der Waals surface area contributed by atoms with Crippen molar-refractivity contribution in [2.45, 2.75) is 32.2 Å². The van der Waals surface area contributed by atoms with E-state index in [4.69, 9.17) is 0 Å². The van der Waals surface area contributed by atoms with Crippen molar-refractivity contribution >= 4 is 47.2 Å². The number of piperidine rings is 1. The molecule has 1 atom stereocenters. The van der Waals surface area contributed by atoms with Crippen LogP contribution in [0.1, 0.15) is 46.6 Å². The van der Waals surface area contributed by atoms with Crippen LogP contribution in [-0.4, -0.2) is 57.0 Å². The summed E-state index contributed by atoms with van der Waals surface area (Å²) in [7, 11) is 3.46. The van der Waals surface area contributed by atoms with E-state index in [1.807, 2.05) is 36.6 Å². The largest absolute Gasteiger partial charge is 0.356 e. The quantitative estimate of drug-likeness (QED) is 0.256. The molecule has 1 fully saturated rings. The normalized spacial score (nSPS) is 16.2. The van der Waals surface area contributed by atoms with Crippen LogP contribution >= 0.6 is 35.3 Å². The van der Waals surface area contributed by atoms with Gasteiger partial charge in [-0.25, -0.2) is 0 Å². The van der Waals surface area contributed by atoms with Crippen LogP contribution in [-0.2, 0) is 6.42 Å². The molecule has 0 radical (unpaired) electrons. The van der Waals surface area contributed by atoms with E-state index in [0.717, 1.165) is 50.0 Å². The Hall–Kier alpha value is -1.65. The number of nitrogens with zero attached hydrogens (tertiary/aromatic N) is 2. The van der Waals surface area contributed by atoms with Crippen molar-refractivity contribution in [3.05, 3.63) is 57.8 Å². The van der Waals surface area contributed by atoms with Gasteiger partial charge in [-0.1, -0.05) is 25.1 Å². The minimum absolute atomic E-state index is 0. The standard InChI is InChI=1S/C24H35N5OS.HI/c1-18-10-13-29(14-11-18)21(22-8-5-15-31-22)17-28-24(26-3)27-12-9-19-6-4-7-20(16-19)23(30)25-2;/h4-8,15-16,18,21H,9-14,17H2,1-3H3,(H,25,30)(H2,26,27,28);1H. The lowest BCUT2D eigenvalue weighted by Gasteiger charge is -2.36. The van der Waals surface area contributed by atoms with Gasteiger partial charge in [-0.2, -0.15) is 0 Å². The summed E-state index contributed by atoms with van der Waals surface area (Å²) in [6.07, 6.45) is 3.36. The number of aliphatic imine (C=N–C) groups is 1. The number of halogens is 1. The highest BCUT2D eigenvalue weighted by Gasteiger charge is 2.25. The van der Waals surface area contributed by atoms with Crippen LogP contribution in [0.4, 0.5) is 0 Å². The Kier molecular flexibility index (Phi) is 11.5. The molecule has 8 heteroatoms. The molecule has 0 saturated carbocycles. The molecule has 32 heavy (non-hydrogen) atoms. The van der Waals surface area contributed by atoms with Crippen molar-refractivity contribution in [3.8, 4) is 0 Å². The fourth-order valence-electron chi connectivity index (χ4n) is 3.98. The molecular weight excluding hydrogens is 533 g/mol. The smallest absolute Gasteiger partial charge is 0.251 e. The molecule has 6 nitrogen and oxygen atoms in total. The summed E-state index contributed by atoms with van der Waals surface area (Å²) in [5.74, 6) is 1.58. The molecule has 2 aromatic rings. The second-order valence-corrected chi connectivity index (χ2v) is 9.14. The topological polar surface area (TPSA) is 68.8 Å². The first kappa shape index (κ1) is 26.6. The first-order valence-electron chi connectivity index (χ1n) is 11.1. The van der Waals surface area contributed by atoms with E-state index in [-0.39, 0.29) is 29.9 Å². The number of carbonyl (C=O) groups excluding carboxylic acids is 1. The Labute approximate surface area is 213 Å². The minimum atomic E-state index is -0.0565. The van der Waals surface area contributed by atoms with Crippen molar-refractivity contribution in [2.24, 2.45) is 10.9 Å². The van der Waals surface area contributed by atoms with Crippen LogP contribution in [0.15, 0.2) is 46.8 Å². The van der Waals surface area contributed by atoms with Crippen molar-refractivity contribution < 1.29 is 4.79 Å². The summed E-state index contributed by atoms with van der Waals surface area (Å²) in [6, 6.07) is 12.5. The summed E-state index contributed by atoms with van der Waals surface area (Å²) >= 11 is 1.83. The van der Waals surface area contributed by atoms with Gasteiger partial charge in [0.2, 0.25) is 0 Å². The van der Waals surface area contributed by atoms with Gasteiger partial charge in [0.15, 0.2) is 5.96 Å². The average Bonchev–Trinajstić information content (AvgIpc) is 3.33. The second-order valence-electron chi connectivity index (χ2n) is 8.16. The van der Waals surface area contributed by atoms with Crippen LogP contribution in [0, 0.1) is 5.92 Å². The van der Waals surface area contributed by atoms with Gasteiger partial charge >= 0.3 is 0 Å². The number of amides is 1. The first-order chi connectivity index (χ1) is 15.1. The molecule has 0 bridgehead atoms. The molecule has 176 valence electrons. The maximum Gasteiger partial charge on any atom is 0.251 e. The van der Waals surface area contributed by atoms with E-state index in [2.05, 4.69) is 56.3 Å². The van der Waals surface area contributed by atoms with E-state index in [1.165, 1.54) is 17.7 Å². The highest BCUT2D eigenvalue weighted by atomic mass is 127. The zero-order valence-electron chi connectivity index (χ0n) is 19.3. The zero-order valence-corrected chi connectivity index (χ0v) is 22.4. The van der Waals surface area contributed by atoms with E-state index in [1.54, 1.807) is 7.05 Å². The van der Waals surface area contributed by atoms with Gasteiger partial charge in [-0.3, -0.25) is 14.7 Å². The molecule has 1 aromatic carbocycles. The lowest BCUT2D eigenvalue weighted by molar-refractivity contribution is 0.0963. The number of hydrogen-bond acceptors (Lipinski definition) is 4. The van der Waals surface area contributed by atoms with Crippen LogP contribution in [0.25, 0.3) is 0 Å². The number of thiophene rings is 1. The number of carbonyl (C=O) groups is 1. The van der Waals surface area contributed by atoms with Gasteiger partial charge in [0.25, 0.3) is 5.91 Å². The van der Waals surface area contributed by atoms with Crippen molar-refractivity contribution in [2.75, 3.05) is 40.3 Å². The van der Waals surface area contributed by atoms with Crippen LogP contribution in [0.3, 0.4) is 0 Å². The van der Waals surface area contributed by atoms with Crippen molar-refractivity contribution in [3.63, 3.8) is 0 Å². The lowest BCUT2D eigenvalue weighted by Crippen LogP contribution is -2.45. The third kappa shape index (κ3) is 7.74. The monoisotopic (exact) mass is 569 g/mol. The highest BCUT2D eigenvalue weighted by Crippen LogP contribution is 2.29. The zero-order chi connectivity index (χ0) is 22.1. The van der Waals surface area contributed by atoms with Gasteiger partial charge in [0.05, 0.1) is 6.04 Å². The summed E-state index contributed by atoms with van der Waals surface area (Å²) < 4.78 is 0. The average molecular weight is 570 g/mol. The molecule has 1 aliphatic heterocycles. The number of hydrogen-bond donors (Lipinski definition) is 3. The highest BCUT2D eigenvalue weighted by molar-refractivity contribution is 14.0. The molecule has 1 amide bonds. The Bertz CT molecular complexity index is 850. The van der Waals surface area contributed by atoms with Crippen molar-refractivity contribution in [1.29, 1.82) is 0 Å². The first-order valence-corrected chi connectivity index (χ1v) is 12.0. The fourth-order valence-corrected chi connectivity index (χ4v) is 4.84. The Morgan fingerprint density at radius 1 is 1.22 bits per heavy atom. The van der Waals surface area contributed by atoms with E-state index < -0.39 is 0 Å². The minimum Gasteiger partial charge on any atom is -0.356 e. The molecule has 3 N–H and O–H groups in total. The van der Waals surface area contributed by atoms with Crippen LogP contribution in [0.5, 0.6) is 0 Å². The summed E-state index contributed by atoms with van der Waals surface area (Å²) in [4.78, 5) is 20.2. The third-order valence-electron chi connectivity index (χ3n) is 5.94. The molecule has 1 aliphatic rings. The second kappa shape index (κ2) is 13.8. The summed E-state index contributed by atoms with van der Waals surface area (Å²) in [6.45, 7) is 6.24. The Balaban J connectivity index is 0.00000363. The van der Waals surface area contributed by atoms with Gasteiger partial charge in [-0.05, 0) is 67.4 Å². The van der Waals surface area contributed by atoms with E-state index in [9.17, 15) is 4.79 Å². The summed E-state index contributed by atoms with van der Waals surface area (Å²) in [5.41, 5.74) is 1.82. The van der Waals surface area contributed by atoms with Gasteiger partial charge in [0, 0.05) is 37.6 Å². The number of benzene rings is 1. The molecule has 0 aliphatic carbocycles. The number of guanidine groups is 1. The predicted molar refractivity (Wildman–Crippen MR) is 145 cm³/mol. The van der Waals surface area contributed by atoms with E-state index in [0.29, 0.717) is 11.6 Å². The van der Waals surface area contributed by atoms with E-state index >= 15 is 0 Å². The van der Waals surface area contributed by atoms with Crippen molar-refractivity contribution in [1.82, 2.24) is 20.9 Å². The Morgan fingerprint density at radius 2 is 2.00 bits per heavy atom. The third-order valence-corrected chi connectivity index (χ3v) is 6.91. The van der Waals surface area contributed by atoms with Crippen LogP contribution < -0.4 is 16.0 Å². The summed E-state index contributed by atoms with van der Waals surface area (Å²) in [5, 5.41) is 11.8. The molecular formula is C24H36IN5OS. The molecule has 0 spiro atoms. The molecule has 1 aromatic heterocycles. The maximum absolute atomic E-state index is 11.8. The number of rotatable bonds is 8. The number of likely N-dealkylation sites (tertiary alicyclic amines) is 1. The van der Waals surface area contributed by atoms with Gasteiger partial charge in [-0.15, -0.1) is 35.3 Å². The lowest BCUT2D eigenvalue weighted by atomic mass is 9.97. The van der Waals surface area contributed by atoms with Gasteiger partial charge < -0.3 is 16.0 Å². The van der Waals surface area contributed by atoms with Gasteiger partial charge in [0.1, 0.15) is 0 Å². The number of nitrogens with one attached hydrogen (secondary N) is 3.